The van der Waals surface area contributed by atoms with Crippen molar-refractivity contribution in [2.45, 2.75) is 37.8 Å². The fourth-order valence-electron chi connectivity index (χ4n) is 4.85. The van der Waals surface area contributed by atoms with E-state index in [1.165, 1.54) is 27.2 Å². The molecule has 0 aliphatic carbocycles. The van der Waals surface area contributed by atoms with Crippen molar-refractivity contribution in [3.63, 3.8) is 0 Å². The van der Waals surface area contributed by atoms with Crippen molar-refractivity contribution < 1.29 is 22.8 Å². The summed E-state index contributed by atoms with van der Waals surface area (Å²) in [6.07, 6.45) is 5.16. The van der Waals surface area contributed by atoms with E-state index in [1.807, 2.05) is 6.07 Å². The highest BCUT2D eigenvalue weighted by Crippen LogP contribution is 2.24. The molecule has 2 fully saturated rings. The van der Waals surface area contributed by atoms with Gasteiger partial charge in [-0.2, -0.15) is 9.82 Å². The molecule has 206 valence electrons. The fourth-order valence-corrected chi connectivity index (χ4v) is 6.92. The van der Waals surface area contributed by atoms with Gasteiger partial charge in [-0.15, -0.1) is 11.3 Å². The average molecular weight is 591 g/mol. The molecule has 3 N–H and O–H groups in total. The molecular formula is C25H27ClN6O5S2. The van der Waals surface area contributed by atoms with E-state index in [4.69, 9.17) is 11.6 Å². The van der Waals surface area contributed by atoms with Gasteiger partial charge in [0.05, 0.1) is 22.6 Å². The second kappa shape index (κ2) is 11.5. The van der Waals surface area contributed by atoms with Crippen molar-refractivity contribution in [2.24, 2.45) is 0 Å². The minimum atomic E-state index is -3.90. The van der Waals surface area contributed by atoms with Crippen LogP contribution in [0.15, 0.2) is 41.9 Å². The van der Waals surface area contributed by atoms with Crippen LogP contribution in [-0.4, -0.2) is 77.9 Å². The number of benzene rings is 1. The van der Waals surface area contributed by atoms with Crippen LogP contribution in [-0.2, 0) is 24.4 Å². The number of halogens is 1. The number of carbonyl (C=O) groups excluding carboxylic acids is 3. The van der Waals surface area contributed by atoms with Gasteiger partial charge in [-0.05, 0) is 62.1 Å². The summed E-state index contributed by atoms with van der Waals surface area (Å²) >= 11 is 7.11. The third kappa shape index (κ3) is 6.49. The van der Waals surface area contributed by atoms with E-state index in [0.717, 1.165) is 16.3 Å². The summed E-state index contributed by atoms with van der Waals surface area (Å²) < 4.78 is 28.1. The standard InChI is InChI=1S/C25H27ClN6O5S2/c26-22-8-7-18(38-22)9-12-39(36,37)30-19-3-1-10-31(25(19)35)15-23(33)32-11-2-4-21(32)24(34)28-17-6-5-16-14-27-29-20(16)13-17/h5-9,12-14,19,21,30H,1-4,10-11,15H2,(H,27,29)(H,28,34)/b12-9+/t19-,21-/m0/s1. The normalized spacial score (nSPS) is 20.3. The van der Waals surface area contributed by atoms with Crippen LogP contribution in [0, 0.1) is 0 Å². The Balaban J connectivity index is 1.19. The second-order valence-electron chi connectivity index (χ2n) is 9.47. The third-order valence-electron chi connectivity index (χ3n) is 6.75. The number of H-pyrrole nitrogens is 1. The lowest BCUT2D eigenvalue weighted by atomic mass is 10.1. The Labute approximate surface area is 234 Å². The summed E-state index contributed by atoms with van der Waals surface area (Å²) in [6, 6.07) is 7.13. The quantitative estimate of drug-likeness (QED) is 0.368. The topological polar surface area (TPSA) is 145 Å². The highest BCUT2D eigenvalue weighted by Gasteiger charge is 2.37. The minimum absolute atomic E-state index is 0.218. The Bertz CT molecular complexity index is 1530. The Kier molecular flexibility index (Phi) is 8.03. The van der Waals surface area contributed by atoms with Gasteiger partial charge < -0.3 is 15.1 Å². The number of piperidine rings is 1. The molecular weight excluding hydrogens is 564 g/mol. The first kappa shape index (κ1) is 27.3. The number of carbonyl (C=O) groups is 3. The summed E-state index contributed by atoms with van der Waals surface area (Å²) in [7, 11) is -3.90. The number of anilines is 1. The summed E-state index contributed by atoms with van der Waals surface area (Å²) in [5, 5.41) is 11.6. The van der Waals surface area contributed by atoms with E-state index in [-0.39, 0.29) is 18.4 Å². The number of sulfonamides is 1. The number of aromatic nitrogens is 2. The molecule has 0 unspecified atom stereocenters. The van der Waals surface area contributed by atoms with Crippen LogP contribution >= 0.6 is 22.9 Å². The van der Waals surface area contributed by atoms with Crippen molar-refractivity contribution in [3.05, 3.63) is 51.2 Å². The van der Waals surface area contributed by atoms with Crippen LogP contribution < -0.4 is 10.0 Å². The fraction of sp³-hybridized carbons (Fsp3) is 0.360. The van der Waals surface area contributed by atoms with Crippen LogP contribution in [0.4, 0.5) is 5.69 Å². The van der Waals surface area contributed by atoms with E-state index in [0.29, 0.717) is 53.7 Å². The zero-order chi connectivity index (χ0) is 27.6. The summed E-state index contributed by atoms with van der Waals surface area (Å²) in [6.45, 7) is 0.526. The van der Waals surface area contributed by atoms with Gasteiger partial charge >= 0.3 is 0 Å². The number of nitrogens with one attached hydrogen (secondary N) is 3. The Morgan fingerprint density at radius 2 is 2.00 bits per heavy atom. The number of rotatable bonds is 8. The molecule has 3 amide bonds. The summed E-state index contributed by atoms with van der Waals surface area (Å²) in [5.74, 6) is -1.10. The molecule has 0 radical (unpaired) electrons. The molecule has 3 aromatic rings. The van der Waals surface area contributed by atoms with Crippen molar-refractivity contribution in [2.75, 3.05) is 25.0 Å². The molecule has 11 nitrogen and oxygen atoms in total. The highest BCUT2D eigenvalue weighted by molar-refractivity contribution is 7.92. The number of thiophene rings is 1. The van der Waals surface area contributed by atoms with Crippen molar-refractivity contribution in [1.82, 2.24) is 24.7 Å². The van der Waals surface area contributed by atoms with E-state index < -0.39 is 28.0 Å². The van der Waals surface area contributed by atoms with Gasteiger partial charge in [0.1, 0.15) is 12.1 Å². The maximum atomic E-state index is 13.2. The predicted molar refractivity (Wildman–Crippen MR) is 149 cm³/mol. The van der Waals surface area contributed by atoms with Crippen LogP contribution in [0.1, 0.15) is 30.6 Å². The van der Waals surface area contributed by atoms with Crippen molar-refractivity contribution in [1.29, 1.82) is 0 Å². The molecule has 0 spiro atoms. The third-order valence-corrected chi connectivity index (χ3v) is 9.06. The van der Waals surface area contributed by atoms with Gasteiger partial charge in [0, 0.05) is 34.4 Å². The molecule has 2 aliphatic rings. The molecule has 1 aromatic carbocycles. The number of likely N-dealkylation sites (tertiary alicyclic amines) is 2. The minimum Gasteiger partial charge on any atom is -0.332 e. The van der Waals surface area contributed by atoms with Crippen LogP contribution in [0.2, 0.25) is 4.34 Å². The van der Waals surface area contributed by atoms with Gasteiger partial charge in [-0.3, -0.25) is 19.5 Å². The lowest BCUT2D eigenvalue weighted by Gasteiger charge is -2.33. The van der Waals surface area contributed by atoms with Crippen molar-refractivity contribution >= 4 is 73.3 Å². The number of aromatic amines is 1. The van der Waals surface area contributed by atoms with E-state index in [9.17, 15) is 22.8 Å². The Morgan fingerprint density at radius 3 is 2.79 bits per heavy atom. The first-order valence-electron chi connectivity index (χ1n) is 12.5. The van der Waals surface area contributed by atoms with Gasteiger partial charge in [-0.25, -0.2) is 8.42 Å². The number of amides is 3. The first-order chi connectivity index (χ1) is 18.7. The van der Waals surface area contributed by atoms with Gasteiger partial charge in [-0.1, -0.05) is 11.6 Å². The smallest absolute Gasteiger partial charge is 0.247 e. The van der Waals surface area contributed by atoms with Crippen molar-refractivity contribution in [3.8, 4) is 0 Å². The molecule has 0 saturated carbocycles. The largest absolute Gasteiger partial charge is 0.332 e. The number of hydrogen-bond acceptors (Lipinski definition) is 7. The molecule has 14 heteroatoms. The number of nitrogens with zero attached hydrogens (tertiary/aromatic N) is 3. The molecule has 4 heterocycles. The zero-order valence-corrected chi connectivity index (χ0v) is 23.2. The molecule has 2 atom stereocenters. The number of hydrogen-bond donors (Lipinski definition) is 3. The summed E-state index contributed by atoms with van der Waals surface area (Å²) in [4.78, 5) is 42.8. The predicted octanol–water partition coefficient (Wildman–Crippen LogP) is 2.79. The van der Waals surface area contributed by atoms with E-state index in [1.54, 1.807) is 30.5 Å². The highest BCUT2D eigenvalue weighted by atomic mass is 35.5. The first-order valence-corrected chi connectivity index (χ1v) is 15.2. The molecule has 0 bridgehead atoms. The van der Waals surface area contributed by atoms with Crippen LogP contribution in [0.25, 0.3) is 17.0 Å². The lowest BCUT2D eigenvalue weighted by molar-refractivity contribution is -0.144. The van der Waals surface area contributed by atoms with Crippen LogP contribution in [0.5, 0.6) is 0 Å². The molecule has 39 heavy (non-hydrogen) atoms. The summed E-state index contributed by atoms with van der Waals surface area (Å²) in [5.41, 5.74) is 1.38. The maximum Gasteiger partial charge on any atom is 0.247 e. The molecule has 2 saturated heterocycles. The number of fused-ring (bicyclic) bond motifs is 1. The zero-order valence-electron chi connectivity index (χ0n) is 20.8. The Morgan fingerprint density at radius 1 is 1.18 bits per heavy atom. The van der Waals surface area contributed by atoms with E-state index in [2.05, 4.69) is 20.2 Å². The molecule has 5 rings (SSSR count). The average Bonchev–Trinajstić information content (AvgIpc) is 3.65. The van der Waals surface area contributed by atoms with Gasteiger partial charge in [0.15, 0.2) is 0 Å². The van der Waals surface area contributed by atoms with E-state index >= 15 is 0 Å². The maximum absolute atomic E-state index is 13.2. The van der Waals surface area contributed by atoms with Gasteiger partial charge in [0.25, 0.3) is 0 Å². The monoisotopic (exact) mass is 590 g/mol. The molecule has 2 aliphatic heterocycles. The molecule has 2 aromatic heterocycles. The lowest BCUT2D eigenvalue weighted by Crippen LogP contribution is -2.55. The Hall–Kier alpha value is -3.26. The van der Waals surface area contributed by atoms with Crippen LogP contribution in [0.3, 0.4) is 0 Å². The SMILES string of the molecule is O=C(Nc1ccc2cn[nH]c2c1)[C@@H]1CCCN1C(=O)CN1CCC[C@H](NS(=O)(=O)/C=C/c2ccc(Cl)s2)C1=O. The van der Waals surface area contributed by atoms with Gasteiger partial charge in [0.2, 0.25) is 27.7 Å². The second-order valence-corrected chi connectivity index (χ2v) is 12.8.